The van der Waals surface area contributed by atoms with E-state index in [1.165, 1.54) is 6.07 Å². The van der Waals surface area contributed by atoms with Gasteiger partial charge in [0.15, 0.2) is 0 Å². The van der Waals surface area contributed by atoms with E-state index in [2.05, 4.69) is 0 Å². The third kappa shape index (κ3) is 1.57. The summed E-state index contributed by atoms with van der Waals surface area (Å²) in [7, 11) is 0. The van der Waals surface area contributed by atoms with Gasteiger partial charge in [0.25, 0.3) is 4.33 Å². The zero-order chi connectivity index (χ0) is 6.78. The Morgan fingerprint density at radius 3 is 2.12 bits per heavy atom. The van der Waals surface area contributed by atoms with Gasteiger partial charge < -0.3 is 5.11 Å². The Hall–Kier alpha value is -0.460. The molecule has 0 heterocycles. The number of carbonyl (C=O) groups is 1. The van der Waals surface area contributed by atoms with Gasteiger partial charge in [-0.15, -0.1) is 0 Å². The maximum Gasteiger partial charge on any atom is 0.355 e. The second kappa shape index (κ2) is 2.21. The summed E-state index contributed by atoms with van der Waals surface area (Å²) >= 11 is 9.72. The maximum absolute atomic E-state index is 9.77. The first-order chi connectivity index (χ1) is 3.50. The molecule has 0 radical (unpaired) electrons. The van der Waals surface area contributed by atoms with Crippen molar-refractivity contribution in [1.29, 1.82) is 5.26 Å². The molecule has 0 aromatic carbocycles. The molecule has 0 aliphatic rings. The van der Waals surface area contributed by atoms with E-state index in [1.807, 2.05) is 0 Å². The number of alkyl halides is 2. The summed E-state index contributed by atoms with van der Waals surface area (Å²) < 4.78 is -2.29. The lowest BCUT2D eigenvalue weighted by atomic mass is 10.5. The molecule has 8 heavy (non-hydrogen) atoms. The Kier molecular flexibility index (Phi) is 2.08. The van der Waals surface area contributed by atoms with Gasteiger partial charge in [0.2, 0.25) is 0 Å². The van der Waals surface area contributed by atoms with Crippen molar-refractivity contribution in [2.75, 3.05) is 0 Å². The summed E-state index contributed by atoms with van der Waals surface area (Å²) in [5.74, 6) is -1.55. The van der Waals surface area contributed by atoms with E-state index in [4.69, 9.17) is 33.6 Å². The second-order valence-electron chi connectivity index (χ2n) is 0.991. The molecule has 0 aromatic heterocycles. The fraction of sp³-hybridized carbons (Fsp3) is 0.333. The summed E-state index contributed by atoms with van der Waals surface area (Å²) in [6, 6.07) is 1.17. The molecule has 0 aromatic rings. The zero-order valence-electron chi connectivity index (χ0n) is 3.56. The number of hydrogen-bond donors (Lipinski definition) is 1. The quantitative estimate of drug-likeness (QED) is 0.567. The van der Waals surface area contributed by atoms with Crippen molar-refractivity contribution in [3.05, 3.63) is 0 Å². The third-order valence-electron chi connectivity index (χ3n) is 0.409. The average molecular weight is 154 g/mol. The van der Waals surface area contributed by atoms with E-state index in [0.29, 0.717) is 0 Å². The molecular formula is C3HCl2NO2. The maximum atomic E-state index is 9.77. The van der Waals surface area contributed by atoms with E-state index >= 15 is 0 Å². The lowest BCUT2D eigenvalue weighted by Gasteiger charge is -1.99. The van der Waals surface area contributed by atoms with Crippen LogP contribution in [0.4, 0.5) is 0 Å². The van der Waals surface area contributed by atoms with Crippen molar-refractivity contribution in [2.45, 2.75) is 4.33 Å². The highest BCUT2D eigenvalue weighted by atomic mass is 35.5. The lowest BCUT2D eigenvalue weighted by Crippen LogP contribution is -2.22. The molecule has 0 atom stereocenters. The van der Waals surface area contributed by atoms with Crippen LogP contribution in [0.25, 0.3) is 0 Å². The minimum atomic E-state index is -2.29. The normalized spacial score (nSPS) is 10.1. The topological polar surface area (TPSA) is 61.1 Å². The smallest absolute Gasteiger partial charge is 0.355 e. The molecule has 0 aliphatic heterocycles. The highest BCUT2D eigenvalue weighted by Crippen LogP contribution is 2.18. The van der Waals surface area contributed by atoms with Crippen molar-refractivity contribution in [3.63, 3.8) is 0 Å². The Morgan fingerprint density at radius 1 is 1.75 bits per heavy atom. The Balaban J connectivity index is 4.19. The molecule has 44 valence electrons. The predicted molar refractivity (Wildman–Crippen MR) is 27.7 cm³/mol. The van der Waals surface area contributed by atoms with Gasteiger partial charge in [-0.3, -0.25) is 0 Å². The van der Waals surface area contributed by atoms with E-state index in [0.717, 1.165) is 0 Å². The number of aliphatic carboxylic acids is 1. The molecule has 0 bridgehead atoms. The van der Waals surface area contributed by atoms with E-state index in [9.17, 15) is 4.79 Å². The van der Waals surface area contributed by atoms with Crippen LogP contribution in [0.1, 0.15) is 0 Å². The number of hydrogen-bond acceptors (Lipinski definition) is 2. The third-order valence-corrected chi connectivity index (χ3v) is 0.901. The number of rotatable bonds is 1. The van der Waals surface area contributed by atoms with Crippen LogP contribution in [0.3, 0.4) is 0 Å². The molecule has 0 aliphatic carbocycles. The number of carboxylic acids is 1. The summed E-state index contributed by atoms with van der Waals surface area (Å²) in [5, 5.41) is 15.8. The second-order valence-corrected chi connectivity index (χ2v) is 2.32. The highest BCUT2D eigenvalue weighted by molar-refractivity contribution is 6.59. The monoisotopic (exact) mass is 153 g/mol. The highest BCUT2D eigenvalue weighted by Gasteiger charge is 2.33. The predicted octanol–water partition coefficient (Wildman–Crippen LogP) is 0.768. The van der Waals surface area contributed by atoms with Gasteiger partial charge in [0.1, 0.15) is 6.07 Å². The summed E-state index contributed by atoms with van der Waals surface area (Å²) in [6.07, 6.45) is 0. The fourth-order valence-corrected chi connectivity index (χ4v) is 0.0478. The first kappa shape index (κ1) is 7.54. The molecule has 0 fully saturated rings. The number of nitriles is 1. The van der Waals surface area contributed by atoms with Gasteiger partial charge in [-0.25, -0.2) is 4.79 Å². The van der Waals surface area contributed by atoms with Crippen LogP contribution in [-0.4, -0.2) is 15.4 Å². The Bertz CT molecular complexity index is 148. The summed E-state index contributed by atoms with van der Waals surface area (Å²) in [6.45, 7) is 0. The first-order valence-electron chi connectivity index (χ1n) is 1.53. The standard InChI is InChI=1S/C3HCl2NO2/c4-3(5,1-6)2(7)8/h(H,7,8). The van der Waals surface area contributed by atoms with Crippen LogP contribution in [0.15, 0.2) is 0 Å². The molecule has 0 spiro atoms. The number of halogens is 2. The van der Waals surface area contributed by atoms with Crippen LogP contribution >= 0.6 is 23.2 Å². The minimum Gasteiger partial charge on any atom is -0.478 e. The van der Waals surface area contributed by atoms with Gasteiger partial charge in [-0.1, -0.05) is 23.2 Å². The van der Waals surface area contributed by atoms with Crippen LogP contribution in [0, 0.1) is 11.3 Å². The number of nitrogens with zero attached hydrogens (tertiary/aromatic N) is 1. The minimum absolute atomic E-state index is 1.17. The van der Waals surface area contributed by atoms with E-state index in [-0.39, 0.29) is 0 Å². The zero-order valence-corrected chi connectivity index (χ0v) is 5.07. The van der Waals surface area contributed by atoms with E-state index in [1.54, 1.807) is 0 Å². The molecule has 3 nitrogen and oxygen atoms in total. The molecule has 0 saturated carbocycles. The van der Waals surface area contributed by atoms with Crippen LogP contribution in [-0.2, 0) is 4.79 Å². The Labute approximate surface area is 55.4 Å². The van der Waals surface area contributed by atoms with Gasteiger partial charge >= 0.3 is 5.97 Å². The van der Waals surface area contributed by atoms with Crippen LogP contribution in [0.2, 0.25) is 0 Å². The molecule has 1 N–H and O–H groups in total. The van der Waals surface area contributed by atoms with E-state index < -0.39 is 10.3 Å². The van der Waals surface area contributed by atoms with Crippen molar-refractivity contribution in [1.82, 2.24) is 0 Å². The van der Waals surface area contributed by atoms with Crippen molar-refractivity contribution >= 4 is 29.2 Å². The molecule has 0 saturated heterocycles. The van der Waals surface area contributed by atoms with Gasteiger partial charge in [0.05, 0.1) is 0 Å². The molecule has 0 amide bonds. The fourth-order valence-electron chi connectivity index (χ4n) is 0.0478. The molecule has 5 heteroatoms. The largest absolute Gasteiger partial charge is 0.478 e. The van der Waals surface area contributed by atoms with Crippen molar-refractivity contribution < 1.29 is 9.90 Å². The summed E-state index contributed by atoms with van der Waals surface area (Å²) in [5.41, 5.74) is 0. The van der Waals surface area contributed by atoms with Gasteiger partial charge in [0, 0.05) is 0 Å². The number of carboxylic acid groups (broad SMARTS) is 1. The van der Waals surface area contributed by atoms with Gasteiger partial charge in [-0.05, 0) is 0 Å². The first-order valence-corrected chi connectivity index (χ1v) is 2.29. The van der Waals surface area contributed by atoms with Crippen LogP contribution < -0.4 is 0 Å². The molecular weight excluding hydrogens is 153 g/mol. The molecule has 0 rings (SSSR count). The van der Waals surface area contributed by atoms with Crippen molar-refractivity contribution in [3.8, 4) is 6.07 Å². The lowest BCUT2D eigenvalue weighted by molar-refractivity contribution is -0.136. The Morgan fingerprint density at radius 2 is 2.12 bits per heavy atom. The SMILES string of the molecule is N#CC(Cl)(Cl)C(=O)O. The molecule has 0 unspecified atom stereocenters. The summed E-state index contributed by atoms with van der Waals surface area (Å²) in [4.78, 5) is 9.77. The van der Waals surface area contributed by atoms with Gasteiger partial charge in [-0.2, -0.15) is 5.26 Å². The van der Waals surface area contributed by atoms with Crippen molar-refractivity contribution in [2.24, 2.45) is 0 Å². The average Bonchev–Trinajstić information content (AvgIpc) is 1.67. The van der Waals surface area contributed by atoms with Crippen LogP contribution in [0.5, 0.6) is 0 Å².